The van der Waals surface area contributed by atoms with E-state index in [4.69, 9.17) is 18.9 Å². The minimum Gasteiger partial charge on any atom is -0.497 e. The van der Waals surface area contributed by atoms with Crippen molar-refractivity contribution in [2.75, 3.05) is 14.2 Å². The smallest absolute Gasteiger partial charge is 0.323 e. The van der Waals surface area contributed by atoms with Crippen LogP contribution in [-0.4, -0.2) is 37.1 Å². The Kier molecular flexibility index (Phi) is 4.80. The predicted octanol–water partition coefficient (Wildman–Crippen LogP) is 2.37. The van der Waals surface area contributed by atoms with Crippen LogP contribution < -0.4 is 9.47 Å². The summed E-state index contributed by atoms with van der Waals surface area (Å²) in [7, 11) is 3.06. The van der Waals surface area contributed by atoms with Crippen LogP contribution in [0.15, 0.2) is 53.3 Å². The average Bonchev–Trinajstić information content (AvgIpc) is 2.60. The van der Waals surface area contributed by atoms with Gasteiger partial charge in [0.15, 0.2) is 0 Å². The number of hydrogen-bond acceptors (Lipinski definition) is 7. The Bertz CT molecular complexity index is 894. The third-order valence-electron chi connectivity index (χ3n) is 4.46. The van der Waals surface area contributed by atoms with Crippen LogP contribution in [0.3, 0.4) is 0 Å². The largest absolute Gasteiger partial charge is 0.497 e. The minimum absolute atomic E-state index is 0.146. The first-order chi connectivity index (χ1) is 12.8. The fourth-order valence-corrected chi connectivity index (χ4v) is 3.22. The number of carbonyl (C=O) groups is 2. The van der Waals surface area contributed by atoms with Crippen molar-refractivity contribution >= 4 is 11.9 Å². The van der Waals surface area contributed by atoms with Crippen molar-refractivity contribution in [2.45, 2.75) is 25.6 Å². The second-order valence-corrected chi connectivity index (χ2v) is 6.25. The molecule has 0 radical (unpaired) electrons. The van der Waals surface area contributed by atoms with Crippen LogP contribution in [0.4, 0.5) is 0 Å². The number of allylic oxidation sites excluding steroid dienone is 1. The molecule has 1 aliphatic carbocycles. The van der Waals surface area contributed by atoms with E-state index < -0.39 is 23.6 Å². The van der Waals surface area contributed by atoms with Gasteiger partial charge in [-0.2, -0.15) is 0 Å². The summed E-state index contributed by atoms with van der Waals surface area (Å²) in [6.45, 7) is 2.98. The Balaban J connectivity index is 2.05. The number of esters is 2. The second-order valence-electron chi connectivity index (χ2n) is 6.25. The predicted molar refractivity (Wildman–Crippen MR) is 95.0 cm³/mol. The van der Waals surface area contributed by atoms with Crippen molar-refractivity contribution in [1.29, 1.82) is 0 Å². The topological polar surface area (TPSA) is 91.3 Å². The number of benzene rings is 1. The van der Waals surface area contributed by atoms with Gasteiger partial charge >= 0.3 is 11.9 Å². The molecule has 3 rings (SSSR count). The number of ether oxygens (including phenoxy) is 4. The van der Waals surface area contributed by atoms with Crippen LogP contribution in [0.2, 0.25) is 0 Å². The Morgan fingerprint density at radius 2 is 2.00 bits per heavy atom. The molecule has 1 aliphatic heterocycles. The van der Waals surface area contributed by atoms with Crippen LogP contribution in [0, 0.1) is 0 Å². The minimum atomic E-state index is -1.95. The highest BCUT2D eigenvalue weighted by Gasteiger charge is 2.39. The number of hydrogen-bond donors (Lipinski definition) is 1. The molecule has 1 N–H and O–H groups in total. The molecule has 7 heteroatoms. The highest BCUT2D eigenvalue weighted by atomic mass is 16.7. The molecule has 0 amide bonds. The van der Waals surface area contributed by atoms with Gasteiger partial charge in [-0.05, 0) is 30.7 Å². The standard InChI is InChI=1S/C20H20O7/c1-11-14-7-8-20(23,27-12(2)21)10-17(14)26-19(22)18(11)15-6-5-13(24-3)9-16(15)25-4/h5-10,18,23H,1-4H3. The molecule has 27 heavy (non-hydrogen) atoms. The molecule has 0 saturated carbocycles. The molecule has 2 aliphatic rings. The van der Waals surface area contributed by atoms with Gasteiger partial charge in [0.05, 0.1) is 14.2 Å². The molecule has 0 aromatic heterocycles. The van der Waals surface area contributed by atoms with E-state index in [9.17, 15) is 14.7 Å². The van der Waals surface area contributed by atoms with E-state index in [0.29, 0.717) is 22.6 Å². The first-order valence-corrected chi connectivity index (χ1v) is 8.27. The summed E-state index contributed by atoms with van der Waals surface area (Å²) in [6, 6.07) is 5.19. The Labute approximate surface area is 156 Å². The summed E-state index contributed by atoms with van der Waals surface area (Å²) in [6.07, 6.45) is 4.11. The van der Waals surface area contributed by atoms with Gasteiger partial charge in [0.25, 0.3) is 5.79 Å². The highest BCUT2D eigenvalue weighted by Crippen LogP contribution is 2.43. The number of methoxy groups -OCH3 is 2. The van der Waals surface area contributed by atoms with Crippen molar-refractivity contribution in [3.05, 3.63) is 58.9 Å². The lowest BCUT2D eigenvalue weighted by atomic mass is 9.84. The van der Waals surface area contributed by atoms with E-state index in [-0.39, 0.29) is 5.76 Å². The van der Waals surface area contributed by atoms with Gasteiger partial charge in [-0.15, -0.1) is 0 Å². The molecule has 0 fully saturated rings. The Morgan fingerprint density at radius 1 is 1.26 bits per heavy atom. The monoisotopic (exact) mass is 372 g/mol. The van der Waals surface area contributed by atoms with E-state index in [2.05, 4.69) is 0 Å². The van der Waals surface area contributed by atoms with E-state index >= 15 is 0 Å². The molecule has 1 heterocycles. The number of fused-ring (bicyclic) bond motifs is 1. The van der Waals surface area contributed by atoms with E-state index in [0.717, 1.165) is 5.57 Å². The van der Waals surface area contributed by atoms with Gasteiger partial charge in [0.2, 0.25) is 0 Å². The van der Waals surface area contributed by atoms with Crippen LogP contribution in [0.5, 0.6) is 11.5 Å². The average molecular weight is 372 g/mol. The first-order valence-electron chi connectivity index (χ1n) is 8.27. The maximum atomic E-state index is 12.7. The summed E-state index contributed by atoms with van der Waals surface area (Å²) in [5.74, 6) is -2.56. The number of carbonyl (C=O) groups excluding carboxylic acids is 2. The summed E-state index contributed by atoms with van der Waals surface area (Å²) >= 11 is 0. The van der Waals surface area contributed by atoms with Gasteiger partial charge in [-0.3, -0.25) is 9.59 Å². The molecule has 1 aromatic carbocycles. The molecular formula is C20H20O7. The summed E-state index contributed by atoms with van der Waals surface area (Å²) in [5, 5.41) is 10.3. The number of rotatable bonds is 4. The quantitative estimate of drug-likeness (QED) is 0.641. The molecule has 0 saturated heterocycles. The summed E-state index contributed by atoms with van der Waals surface area (Å²) in [5.41, 5.74) is 2.00. The molecule has 0 bridgehead atoms. The van der Waals surface area contributed by atoms with Crippen molar-refractivity contribution in [2.24, 2.45) is 0 Å². The lowest BCUT2D eigenvalue weighted by Gasteiger charge is -2.32. The first kappa shape index (κ1) is 18.7. The van der Waals surface area contributed by atoms with E-state index in [1.165, 1.54) is 26.2 Å². The van der Waals surface area contributed by atoms with Crippen LogP contribution in [0.1, 0.15) is 25.3 Å². The van der Waals surface area contributed by atoms with E-state index in [1.807, 2.05) is 0 Å². The summed E-state index contributed by atoms with van der Waals surface area (Å²) in [4.78, 5) is 23.9. The Hall–Kier alpha value is -3.06. The molecule has 1 aromatic rings. The SMILES string of the molecule is COc1ccc(C2C(=O)OC3=CC(O)(OC(C)=O)C=CC3=C2C)c(OC)c1. The zero-order valence-electron chi connectivity index (χ0n) is 15.4. The molecule has 0 spiro atoms. The fraction of sp³-hybridized carbons (Fsp3) is 0.300. The molecule has 2 unspecified atom stereocenters. The lowest BCUT2D eigenvalue weighted by Crippen LogP contribution is -2.34. The van der Waals surface area contributed by atoms with Gasteiger partial charge in [0.1, 0.15) is 23.2 Å². The Morgan fingerprint density at radius 3 is 2.63 bits per heavy atom. The third-order valence-corrected chi connectivity index (χ3v) is 4.46. The summed E-state index contributed by atoms with van der Waals surface area (Å²) < 4.78 is 20.9. The van der Waals surface area contributed by atoms with Crippen LogP contribution >= 0.6 is 0 Å². The van der Waals surface area contributed by atoms with Gasteiger partial charge in [-0.25, -0.2) is 0 Å². The van der Waals surface area contributed by atoms with Crippen molar-refractivity contribution in [3.63, 3.8) is 0 Å². The lowest BCUT2D eigenvalue weighted by molar-refractivity contribution is -0.174. The molecular weight excluding hydrogens is 352 g/mol. The van der Waals surface area contributed by atoms with Gasteiger partial charge in [0, 0.05) is 30.2 Å². The molecule has 2 atom stereocenters. The van der Waals surface area contributed by atoms with Crippen LogP contribution in [-0.2, 0) is 19.1 Å². The third kappa shape index (κ3) is 3.46. The maximum Gasteiger partial charge on any atom is 0.323 e. The van der Waals surface area contributed by atoms with Gasteiger partial charge < -0.3 is 24.1 Å². The number of aliphatic hydroxyl groups is 1. The fourth-order valence-electron chi connectivity index (χ4n) is 3.22. The van der Waals surface area contributed by atoms with Crippen molar-refractivity contribution in [1.82, 2.24) is 0 Å². The van der Waals surface area contributed by atoms with Crippen molar-refractivity contribution in [3.8, 4) is 11.5 Å². The van der Waals surface area contributed by atoms with Crippen LogP contribution in [0.25, 0.3) is 0 Å². The normalized spacial score (nSPS) is 24.0. The van der Waals surface area contributed by atoms with E-state index in [1.54, 1.807) is 38.3 Å². The molecule has 7 nitrogen and oxygen atoms in total. The zero-order chi connectivity index (χ0) is 19.8. The zero-order valence-corrected chi connectivity index (χ0v) is 15.4. The highest BCUT2D eigenvalue weighted by molar-refractivity contribution is 5.87. The second kappa shape index (κ2) is 6.92. The maximum absolute atomic E-state index is 12.7. The van der Waals surface area contributed by atoms with Gasteiger partial charge in [-0.1, -0.05) is 6.07 Å². The molecule has 142 valence electrons. The van der Waals surface area contributed by atoms with Crippen molar-refractivity contribution < 1.29 is 33.6 Å².